The first-order valence-electron chi connectivity index (χ1n) is 6.53. The van der Waals surface area contributed by atoms with E-state index in [9.17, 15) is 0 Å². The Morgan fingerprint density at radius 2 is 2.24 bits per heavy atom. The summed E-state index contributed by atoms with van der Waals surface area (Å²) in [6.45, 7) is 2.09. The summed E-state index contributed by atoms with van der Waals surface area (Å²) in [5, 5.41) is 8.74. The summed E-state index contributed by atoms with van der Waals surface area (Å²) in [5.74, 6) is 0.935. The van der Waals surface area contributed by atoms with Crippen molar-refractivity contribution in [1.29, 1.82) is 0 Å². The molecule has 1 aliphatic carbocycles. The van der Waals surface area contributed by atoms with Crippen molar-refractivity contribution >= 4 is 11.6 Å². The Morgan fingerprint density at radius 1 is 1.53 bits per heavy atom. The lowest BCUT2D eigenvalue weighted by Gasteiger charge is -2.16. The van der Waals surface area contributed by atoms with E-state index >= 15 is 0 Å². The molecule has 0 aliphatic heterocycles. The second-order valence-electron chi connectivity index (χ2n) is 5.05. The Labute approximate surface area is 109 Å². The average molecular weight is 256 g/mol. The number of halogens is 1. The molecule has 0 spiro atoms. The zero-order chi connectivity index (χ0) is 12.4. The summed E-state index contributed by atoms with van der Waals surface area (Å²) in [6, 6.07) is 0.528. The topological polar surface area (TPSA) is 29.9 Å². The lowest BCUT2D eigenvalue weighted by molar-refractivity contribution is 0.477. The Kier molecular flexibility index (Phi) is 4.10. The smallest absolute Gasteiger partial charge is 0.0850 e. The fourth-order valence-electron chi connectivity index (χ4n) is 2.33. The summed E-state index contributed by atoms with van der Waals surface area (Å²) < 4.78 is 1.94. The van der Waals surface area contributed by atoms with Gasteiger partial charge in [0.05, 0.1) is 16.4 Å². The van der Waals surface area contributed by atoms with Gasteiger partial charge in [-0.1, -0.05) is 31.4 Å². The van der Waals surface area contributed by atoms with Gasteiger partial charge in [-0.3, -0.25) is 4.68 Å². The van der Waals surface area contributed by atoms with Crippen LogP contribution in [-0.4, -0.2) is 22.9 Å². The molecule has 1 aromatic rings. The van der Waals surface area contributed by atoms with Gasteiger partial charge in [-0.05, 0) is 25.8 Å². The zero-order valence-electron chi connectivity index (χ0n) is 11.0. The van der Waals surface area contributed by atoms with Gasteiger partial charge < -0.3 is 5.32 Å². The number of aryl methyl sites for hydroxylation is 2. The first-order valence-corrected chi connectivity index (χ1v) is 6.91. The maximum Gasteiger partial charge on any atom is 0.0850 e. The van der Waals surface area contributed by atoms with Gasteiger partial charge in [-0.25, -0.2) is 0 Å². The van der Waals surface area contributed by atoms with Gasteiger partial charge in [0.1, 0.15) is 0 Å². The molecule has 2 rings (SSSR count). The minimum atomic E-state index is 0.528. The summed E-state index contributed by atoms with van der Waals surface area (Å²) in [7, 11) is 4.03. The lowest BCUT2D eigenvalue weighted by Crippen LogP contribution is -2.29. The van der Waals surface area contributed by atoms with Crippen LogP contribution in [0.25, 0.3) is 0 Å². The van der Waals surface area contributed by atoms with E-state index in [0.717, 1.165) is 29.5 Å². The predicted molar refractivity (Wildman–Crippen MR) is 71.5 cm³/mol. The third-order valence-electron chi connectivity index (χ3n) is 3.67. The molecule has 1 atom stereocenters. The molecule has 1 aliphatic rings. The number of hydrogen-bond donors (Lipinski definition) is 1. The molecule has 1 N–H and O–H groups in total. The highest BCUT2D eigenvalue weighted by Gasteiger charge is 2.26. The number of hydrogen-bond acceptors (Lipinski definition) is 2. The molecule has 0 bridgehead atoms. The van der Waals surface area contributed by atoms with Crippen LogP contribution in [0.1, 0.15) is 37.6 Å². The van der Waals surface area contributed by atoms with Crippen LogP contribution in [0.3, 0.4) is 0 Å². The number of likely N-dealkylation sites (N-methyl/N-ethyl adjacent to an activating group) is 1. The van der Waals surface area contributed by atoms with Gasteiger partial charge >= 0.3 is 0 Å². The standard InChI is InChI=1S/C13H22ClN3/c1-4-11-13(14)12(17(3)16-11)8-10(15-2)7-9-5-6-9/h9-10,15H,4-8H2,1-3H3. The van der Waals surface area contributed by atoms with Gasteiger partial charge in [-0.2, -0.15) is 5.10 Å². The maximum absolute atomic E-state index is 6.37. The second kappa shape index (κ2) is 5.40. The zero-order valence-corrected chi connectivity index (χ0v) is 11.7. The van der Waals surface area contributed by atoms with E-state index in [1.165, 1.54) is 25.0 Å². The van der Waals surface area contributed by atoms with Crippen LogP contribution in [0, 0.1) is 5.92 Å². The third-order valence-corrected chi connectivity index (χ3v) is 4.10. The predicted octanol–water partition coefficient (Wildman–Crippen LogP) is 2.57. The molecule has 1 aromatic heterocycles. The monoisotopic (exact) mass is 255 g/mol. The van der Waals surface area contributed by atoms with Crippen molar-refractivity contribution in [3.8, 4) is 0 Å². The van der Waals surface area contributed by atoms with Crippen LogP contribution in [0.2, 0.25) is 5.02 Å². The Hall–Kier alpha value is -0.540. The van der Waals surface area contributed by atoms with Crippen LogP contribution in [0.5, 0.6) is 0 Å². The van der Waals surface area contributed by atoms with E-state index in [-0.39, 0.29) is 0 Å². The minimum absolute atomic E-state index is 0.528. The highest BCUT2D eigenvalue weighted by Crippen LogP contribution is 2.34. The molecule has 0 radical (unpaired) electrons. The van der Waals surface area contributed by atoms with Crippen molar-refractivity contribution in [3.05, 3.63) is 16.4 Å². The van der Waals surface area contributed by atoms with Gasteiger partial charge in [-0.15, -0.1) is 0 Å². The van der Waals surface area contributed by atoms with Crippen molar-refractivity contribution in [2.24, 2.45) is 13.0 Å². The number of nitrogens with zero attached hydrogens (tertiary/aromatic N) is 2. The number of aromatic nitrogens is 2. The van der Waals surface area contributed by atoms with E-state index < -0.39 is 0 Å². The third kappa shape index (κ3) is 3.02. The number of rotatable bonds is 6. The molecule has 3 nitrogen and oxygen atoms in total. The molecule has 17 heavy (non-hydrogen) atoms. The molecule has 0 aromatic carbocycles. The van der Waals surface area contributed by atoms with Crippen LogP contribution < -0.4 is 5.32 Å². The fraction of sp³-hybridized carbons (Fsp3) is 0.769. The fourth-order valence-corrected chi connectivity index (χ4v) is 2.71. The molecular formula is C13H22ClN3. The Morgan fingerprint density at radius 3 is 2.71 bits per heavy atom. The van der Waals surface area contributed by atoms with E-state index in [0.29, 0.717) is 6.04 Å². The summed E-state index contributed by atoms with van der Waals surface area (Å²) in [4.78, 5) is 0. The van der Waals surface area contributed by atoms with Gasteiger partial charge in [0.15, 0.2) is 0 Å². The molecule has 1 fully saturated rings. The van der Waals surface area contributed by atoms with E-state index in [4.69, 9.17) is 11.6 Å². The molecule has 1 unspecified atom stereocenters. The Bertz CT molecular complexity index is 382. The summed E-state index contributed by atoms with van der Waals surface area (Å²) >= 11 is 6.37. The number of nitrogens with one attached hydrogen (secondary N) is 1. The summed E-state index contributed by atoms with van der Waals surface area (Å²) in [6.07, 6.45) is 5.95. The van der Waals surface area contributed by atoms with Crippen LogP contribution in [0.4, 0.5) is 0 Å². The van der Waals surface area contributed by atoms with Gasteiger partial charge in [0.25, 0.3) is 0 Å². The van der Waals surface area contributed by atoms with Crippen molar-refractivity contribution in [3.63, 3.8) is 0 Å². The summed E-state index contributed by atoms with van der Waals surface area (Å²) in [5.41, 5.74) is 2.19. The van der Waals surface area contributed by atoms with Crippen molar-refractivity contribution in [2.45, 2.75) is 45.1 Å². The normalized spacial score (nSPS) is 17.4. The van der Waals surface area contributed by atoms with E-state index in [1.54, 1.807) is 0 Å². The van der Waals surface area contributed by atoms with Crippen molar-refractivity contribution in [1.82, 2.24) is 15.1 Å². The van der Waals surface area contributed by atoms with Crippen LogP contribution in [-0.2, 0) is 19.9 Å². The molecule has 1 saturated carbocycles. The van der Waals surface area contributed by atoms with E-state index in [2.05, 4.69) is 17.3 Å². The lowest BCUT2D eigenvalue weighted by atomic mass is 10.0. The molecule has 4 heteroatoms. The van der Waals surface area contributed by atoms with Gasteiger partial charge in [0.2, 0.25) is 0 Å². The highest BCUT2D eigenvalue weighted by atomic mass is 35.5. The second-order valence-corrected chi connectivity index (χ2v) is 5.43. The highest BCUT2D eigenvalue weighted by molar-refractivity contribution is 6.31. The average Bonchev–Trinajstić information content (AvgIpc) is 3.09. The van der Waals surface area contributed by atoms with Crippen molar-refractivity contribution in [2.75, 3.05) is 7.05 Å². The minimum Gasteiger partial charge on any atom is -0.317 e. The molecule has 96 valence electrons. The first kappa shape index (κ1) is 12.9. The molecular weight excluding hydrogens is 234 g/mol. The SMILES string of the molecule is CCc1nn(C)c(CC(CC2CC2)NC)c1Cl. The quantitative estimate of drug-likeness (QED) is 0.847. The van der Waals surface area contributed by atoms with Crippen LogP contribution in [0.15, 0.2) is 0 Å². The Balaban J connectivity index is 2.07. The molecule has 0 amide bonds. The van der Waals surface area contributed by atoms with Crippen molar-refractivity contribution < 1.29 is 0 Å². The first-order chi connectivity index (χ1) is 8.15. The van der Waals surface area contributed by atoms with E-state index in [1.807, 2.05) is 18.8 Å². The molecule has 1 heterocycles. The van der Waals surface area contributed by atoms with Crippen LogP contribution >= 0.6 is 11.6 Å². The maximum atomic E-state index is 6.37. The van der Waals surface area contributed by atoms with Gasteiger partial charge in [0, 0.05) is 19.5 Å². The molecule has 0 saturated heterocycles. The largest absolute Gasteiger partial charge is 0.317 e.